The number of hydrogen-bond donors (Lipinski definition) is 3. The third kappa shape index (κ3) is 4.71. The number of carbonyl (C=O) groups excluding carboxylic acids is 2. The fourth-order valence-corrected chi connectivity index (χ4v) is 4.76. The van der Waals surface area contributed by atoms with Gasteiger partial charge in [-0.05, 0) is 36.1 Å². The molecule has 0 bridgehead atoms. The molecule has 1 unspecified atom stereocenters. The van der Waals surface area contributed by atoms with Gasteiger partial charge in [-0.15, -0.1) is 0 Å². The van der Waals surface area contributed by atoms with Crippen molar-refractivity contribution >= 4 is 18.0 Å². The molecule has 1 heterocycles. The lowest BCUT2D eigenvalue weighted by Gasteiger charge is -2.29. The van der Waals surface area contributed by atoms with Crippen LogP contribution in [0.2, 0.25) is 0 Å². The highest BCUT2D eigenvalue weighted by molar-refractivity contribution is 5.85. The molecule has 2 aromatic carbocycles. The lowest BCUT2D eigenvalue weighted by Crippen LogP contribution is -2.49. The van der Waals surface area contributed by atoms with E-state index in [1.165, 1.54) is 0 Å². The van der Waals surface area contributed by atoms with Gasteiger partial charge in [0.2, 0.25) is 5.91 Å². The van der Waals surface area contributed by atoms with E-state index in [9.17, 15) is 24.6 Å². The van der Waals surface area contributed by atoms with Crippen molar-refractivity contribution in [3.8, 4) is 11.1 Å². The number of carboxylic acids is 1. The van der Waals surface area contributed by atoms with E-state index < -0.39 is 35.7 Å². The van der Waals surface area contributed by atoms with Crippen molar-refractivity contribution in [1.82, 2.24) is 10.2 Å². The molecule has 1 aliphatic heterocycles. The second-order valence-corrected chi connectivity index (χ2v) is 9.30. The highest BCUT2D eigenvalue weighted by Gasteiger charge is 2.40. The van der Waals surface area contributed by atoms with Gasteiger partial charge in [0.1, 0.15) is 12.6 Å². The zero-order chi connectivity index (χ0) is 23.8. The molecule has 33 heavy (non-hydrogen) atoms. The van der Waals surface area contributed by atoms with Crippen LogP contribution in [0.25, 0.3) is 11.1 Å². The van der Waals surface area contributed by atoms with Gasteiger partial charge < -0.3 is 25.2 Å². The Morgan fingerprint density at radius 1 is 1.06 bits per heavy atom. The summed E-state index contributed by atoms with van der Waals surface area (Å²) in [6, 6.07) is 15.0. The summed E-state index contributed by atoms with van der Waals surface area (Å²) in [6.45, 7) is 3.48. The Bertz CT molecular complexity index is 1040. The molecule has 8 nitrogen and oxygen atoms in total. The number of β-amino-alcohol motifs (C(OH)–C–C–N with tert-alkyl or cyclic N) is 1. The summed E-state index contributed by atoms with van der Waals surface area (Å²) in [5.41, 5.74) is 3.51. The molecule has 0 radical (unpaired) electrons. The third-order valence-corrected chi connectivity index (χ3v) is 6.26. The van der Waals surface area contributed by atoms with Crippen LogP contribution in [0.5, 0.6) is 0 Å². The normalized spacial score (nSPS) is 19.7. The van der Waals surface area contributed by atoms with E-state index in [-0.39, 0.29) is 31.9 Å². The van der Waals surface area contributed by atoms with Crippen molar-refractivity contribution in [1.29, 1.82) is 0 Å². The molecule has 0 spiro atoms. The maximum atomic E-state index is 12.7. The van der Waals surface area contributed by atoms with Gasteiger partial charge in [-0.1, -0.05) is 48.5 Å². The predicted octanol–water partition coefficient (Wildman–Crippen LogP) is 2.74. The fourth-order valence-electron chi connectivity index (χ4n) is 4.76. The predicted molar refractivity (Wildman–Crippen MR) is 121 cm³/mol. The average molecular weight is 453 g/mol. The van der Waals surface area contributed by atoms with Crippen molar-refractivity contribution in [2.24, 2.45) is 0 Å². The Kier molecular flexibility index (Phi) is 6.12. The first kappa shape index (κ1) is 22.8. The molecular formula is C25H28N2O6. The van der Waals surface area contributed by atoms with Gasteiger partial charge in [-0.25, -0.2) is 9.59 Å². The van der Waals surface area contributed by atoms with Crippen molar-refractivity contribution in [3.63, 3.8) is 0 Å². The van der Waals surface area contributed by atoms with E-state index in [1.54, 1.807) is 13.8 Å². The molecule has 2 atom stereocenters. The summed E-state index contributed by atoms with van der Waals surface area (Å²) in [5.74, 6) is -1.67. The summed E-state index contributed by atoms with van der Waals surface area (Å²) in [7, 11) is 0. The molecule has 174 valence electrons. The van der Waals surface area contributed by atoms with Crippen LogP contribution in [0.3, 0.4) is 0 Å². The number of rotatable bonds is 6. The van der Waals surface area contributed by atoms with Crippen molar-refractivity contribution < 1.29 is 29.3 Å². The number of fused-ring (bicyclic) bond motifs is 3. The van der Waals surface area contributed by atoms with Crippen LogP contribution in [0.15, 0.2) is 48.5 Å². The number of aliphatic hydroxyl groups is 1. The zero-order valence-electron chi connectivity index (χ0n) is 18.7. The van der Waals surface area contributed by atoms with Crippen LogP contribution in [-0.4, -0.2) is 63.9 Å². The number of likely N-dealkylation sites (tertiary alicyclic amines) is 1. The highest BCUT2D eigenvalue weighted by Crippen LogP contribution is 2.44. The molecule has 1 aliphatic carbocycles. The number of amides is 2. The summed E-state index contributed by atoms with van der Waals surface area (Å²) in [6.07, 6.45) is -1.63. The van der Waals surface area contributed by atoms with Crippen LogP contribution in [0.1, 0.15) is 43.7 Å². The lowest BCUT2D eigenvalue weighted by atomic mass is 9.98. The van der Waals surface area contributed by atoms with Crippen molar-refractivity contribution in [2.75, 3.05) is 13.2 Å². The molecule has 3 N–H and O–H groups in total. The minimum absolute atomic E-state index is 0.00130. The Labute approximate surface area is 192 Å². The highest BCUT2D eigenvalue weighted by atomic mass is 16.5. The molecule has 0 saturated carbocycles. The molecule has 1 saturated heterocycles. The fraction of sp³-hybridized carbons (Fsp3) is 0.400. The number of hydrogen-bond acceptors (Lipinski definition) is 5. The van der Waals surface area contributed by atoms with Gasteiger partial charge >= 0.3 is 12.1 Å². The van der Waals surface area contributed by atoms with E-state index in [1.807, 2.05) is 36.4 Å². The van der Waals surface area contributed by atoms with Gasteiger partial charge in [0.05, 0.1) is 6.10 Å². The number of carbonyl (C=O) groups is 3. The summed E-state index contributed by atoms with van der Waals surface area (Å²) >= 11 is 0. The standard InChI is InChI=1S/C25H28N2O6/c1-25(2,12-22(29)27-13-15(28)11-21(27)23(30)31)26-24(32)33-14-20-18-9-5-3-7-16(18)17-8-4-6-10-19(17)20/h3-10,15,20-21,28H,11-14H2,1-2H3,(H,26,32)(H,30,31)/t15?,21-/m0/s1. The van der Waals surface area contributed by atoms with Crippen molar-refractivity contribution in [2.45, 2.75) is 50.3 Å². The number of benzene rings is 2. The van der Waals surface area contributed by atoms with Crippen LogP contribution < -0.4 is 5.32 Å². The summed E-state index contributed by atoms with van der Waals surface area (Å²) in [4.78, 5) is 37.8. The quantitative estimate of drug-likeness (QED) is 0.621. The SMILES string of the molecule is CC(C)(CC(=O)N1CC(O)C[C@H]1C(=O)O)NC(=O)OCC1c2ccccc2-c2ccccc21. The monoisotopic (exact) mass is 452 g/mol. The van der Waals surface area contributed by atoms with Crippen LogP contribution in [-0.2, 0) is 14.3 Å². The number of aliphatic carboxylic acids is 1. The molecule has 2 aromatic rings. The molecule has 2 amide bonds. The van der Waals surface area contributed by atoms with E-state index >= 15 is 0 Å². The number of aliphatic hydroxyl groups excluding tert-OH is 1. The van der Waals surface area contributed by atoms with Crippen LogP contribution in [0, 0.1) is 0 Å². The smallest absolute Gasteiger partial charge is 0.407 e. The Hall–Kier alpha value is -3.39. The number of ether oxygens (including phenoxy) is 1. The van der Waals surface area contributed by atoms with Crippen LogP contribution >= 0.6 is 0 Å². The molecule has 0 aromatic heterocycles. The number of nitrogens with one attached hydrogen (secondary N) is 1. The topological polar surface area (TPSA) is 116 Å². The number of alkyl carbamates (subject to hydrolysis) is 1. The summed E-state index contributed by atoms with van der Waals surface area (Å²) < 4.78 is 5.55. The van der Waals surface area contributed by atoms with Gasteiger partial charge in [0.25, 0.3) is 0 Å². The minimum Gasteiger partial charge on any atom is -0.480 e. The van der Waals surface area contributed by atoms with E-state index in [2.05, 4.69) is 17.4 Å². The first-order valence-electron chi connectivity index (χ1n) is 11.0. The van der Waals surface area contributed by atoms with Gasteiger partial charge in [-0.3, -0.25) is 4.79 Å². The van der Waals surface area contributed by atoms with E-state index in [0.717, 1.165) is 27.2 Å². The zero-order valence-corrected chi connectivity index (χ0v) is 18.7. The summed E-state index contributed by atoms with van der Waals surface area (Å²) in [5, 5.41) is 21.8. The maximum Gasteiger partial charge on any atom is 0.407 e. The molecule has 8 heteroatoms. The Balaban J connectivity index is 1.37. The average Bonchev–Trinajstić information content (AvgIpc) is 3.30. The maximum absolute atomic E-state index is 12.7. The molecular weight excluding hydrogens is 424 g/mol. The minimum atomic E-state index is -1.15. The second kappa shape index (κ2) is 8.86. The lowest BCUT2D eigenvalue weighted by molar-refractivity contribution is -0.148. The van der Waals surface area contributed by atoms with Gasteiger partial charge in [-0.2, -0.15) is 0 Å². The molecule has 1 fully saturated rings. The Morgan fingerprint density at radius 3 is 2.21 bits per heavy atom. The first-order valence-corrected chi connectivity index (χ1v) is 11.0. The largest absolute Gasteiger partial charge is 0.480 e. The first-order chi connectivity index (χ1) is 15.7. The number of carboxylic acid groups (broad SMARTS) is 1. The molecule has 2 aliphatic rings. The van der Waals surface area contributed by atoms with Crippen LogP contribution in [0.4, 0.5) is 4.79 Å². The van der Waals surface area contributed by atoms with Gasteiger partial charge in [0.15, 0.2) is 0 Å². The molecule has 4 rings (SSSR count). The third-order valence-electron chi connectivity index (χ3n) is 6.26. The van der Waals surface area contributed by atoms with E-state index in [4.69, 9.17) is 4.74 Å². The van der Waals surface area contributed by atoms with E-state index in [0.29, 0.717) is 0 Å². The van der Waals surface area contributed by atoms with Crippen molar-refractivity contribution in [3.05, 3.63) is 59.7 Å². The van der Waals surface area contributed by atoms with Gasteiger partial charge in [0, 0.05) is 30.8 Å². The number of nitrogens with zero attached hydrogens (tertiary/aromatic N) is 1. The Morgan fingerprint density at radius 2 is 1.64 bits per heavy atom. The second-order valence-electron chi connectivity index (χ2n) is 9.30.